The zero-order chi connectivity index (χ0) is 11.2. The molecule has 15 heavy (non-hydrogen) atoms. The largest absolute Gasteiger partial charge is 0.504 e. The molecule has 1 unspecified atom stereocenters. The van der Waals surface area contributed by atoms with E-state index < -0.39 is 5.79 Å². The first kappa shape index (κ1) is 9.86. The van der Waals surface area contributed by atoms with Crippen LogP contribution in [0.5, 0.6) is 17.2 Å². The molecule has 1 heterocycles. The smallest absolute Gasteiger partial charge is 0.225 e. The molecule has 0 amide bonds. The number of fused-ring (bicyclic) bond motifs is 1. The summed E-state index contributed by atoms with van der Waals surface area (Å²) in [4.78, 5) is 0. The van der Waals surface area contributed by atoms with E-state index in [1.807, 2.05) is 0 Å². The van der Waals surface area contributed by atoms with Crippen LogP contribution in [-0.4, -0.2) is 21.1 Å². The number of allylic oxidation sites excluding steroid dienone is 1. The maximum Gasteiger partial charge on any atom is 0.225 e. The topological polar surface area (TPSA) is 69.9 Å². The molecule has 3 N–H and O–H groups in total. The number of hydrogen-bond acceptors (Lipinski definition) is 4. The Morgan fingerprint density at radius 2 is 1.80 bits per heavy atom. The van der Waals surface area contributed by atoms with Crippen LogP contribution in [0, 0.1) is 0 Å². The Morgan fingerprint density at radius 1 is 1.20 bits per heavy atom. The van der Waals surface area contributed by atoms with Crippen LogP contribution in [0.15, 0.2) is 18.2 Å². The lowest BCUT2D eigenvalue weighted by Gasteiger charge is -2.28. The van der Waals surface area contributed by atoms with E-state index in [0.29, 0.717) is 11.3 Å². The van der Waals surface area contributed by atoms with E-state index >= 15 is 0 Å². The zero-order valence-corrected chi connectivity index (χ0v) is 8.48. The molecule has 0 bridgehead atoms. The molecule has 0 aliphatic carbocycles. The van der Waals surface area contributed by atoms with Gasteiger partial charge in [0.1, 0.15) is 5.75 Å². The lowest BCUT2D eigenvalue weighted by molar-refractivity contribution is -0.0795. The minimum absolute atomic E-state index is 0.202. The zero-order valence-electron chi connectivity index (χ0n) is 8.48. The van der Waals surface area contributed by atoms with Crippen molar-refractivity contribution in [1.29, 1.82) is 0 Å². The summed E-state index contributed by atoms with van der Waals surface area (Å²) < 4.78 is 5.23. The average Bonchev–Trinajstić information content (AvgIpc) is 2.07. The van der Waals surface area contributed by atoms with Crippen LogP contribution in [0.1, 0.15) is 19.4 Å². The van der Waals surface area contributed by atoms with Crippen molar-refractivity contribution < 1.29 is 20.1 Å². The predicted molar refractivity (Wildman–Crippen MR) is 54.7 cm³/mol. The molecule has 1 aromatic rings. The SMILES string of the molecule is CC1=CC(C)(O)Oc2cc(O)c(O)cc21. The third-order valence-electron chi connectivity index (χ3n) is 2.30. The molecule has 80 valence electrons. The molecular formula is C11H12O4. The lowest BCUT2D eigenvalue weighted by Crippen LogP contribution is -2.32. The molecule has 4 heteroatoms. The van der Waals surface area contributed by atoms with E-state index in [2.05, 4.69) is 0 Å². The van der Waals surface area contributed by atoms with Gasteiger partial charge in [-0.1, -0.05) is 0 Å². The van der Waals surface area contributed by atoms with Gasteiger partial charge >= 0.3 is 0 Å². The summed E-state index contributed by atoms with van der Waals surface area (Å²) in [5.74, 6) is -1.48. The van der Waals surface area contributed by atoms with Crippen molar-refractivity contribution in [2.75, 3.05) is 0 Å². The fourth-order valence-electron chi connectivity index (χ4n) is 1.68. The van der Waals surface area contributed by atoms with E-state index in [-0.39, 0.29) is 11.5 Å². The molecule has 2 rings (SSSR count). The number of phenols is 2. The van der Waals surface area contributed by atoms with Crippen LogP contribution in [0.2, 0.25) is 0 Å². The van der Waals surface area contributed by atoms with E-state index in [0.717, 1.165) is 5.57 Å². The maximum atomic E-state index is 9.71. The molecule has 1 aromatic carbocycles. The summed E-state index contributed by atoms with van der Waals surface area (Å²) in [6, 6.07) is 2.70. The number of phenolic OH excluding ortho intramolecular Hbond substituents is 2. The molecule has 0 radical (unpaired) electrons. The van der Waals surface area contributed by atoms with Crippen molar-refractivity contribution in [1.82, 2.24) is 0 Å². The predicted octanol–water partition coefficient (Wildman–Crippen LogP) is 1.60. The summed E-state index contributed by atoms with van der Waals surface area (Å²) in [5, 5.41) is 28.3. The molecule has 1 aliphatic rings. The van der Waals surface area contributed by atoms with E-state index in [4.69, 9.17) is 4.74 Å². The standard InChI is InChI=1S/C11H12O4/c1-6-5-11(2,14)15-10-4-9(13)8(12)3-7(6)10/h3-5,12-14H,1-2H3. The third kappa shape index (κ3) is 1.64. The number of aromatic hydroxyl groups is 2. The molecule has 0 spiro atoms. The van der Waals surface area contributed by atoms with Gasteiger partial charge in [0.15, 0.2) is 11.5 Å². The summed E-state index contributed by atoms with van der Waals surface area (Å²) in [6.07, 6.45) is 1.55. The minimum atomic E-state index is -1.37. The van der Waals surface area contributed by atoms with Crippen LogP contribution in [0.25, 0.3) is 5.57 Å². The number of benzene rings is 1. The number of aliphatic hydroxyl groups is 1. The summed E-state index contributed by atoms with van der Waals surface area (Å²) in [5.41, 5.74) is 1.45. The Kier molecular flexibility index (Phi) is 1.91. The monoisotopic (exact) mass is 208 g/mol. The molecule has 0 aromatic heterocycles. The summed E-state index contributed by atoms with van der Waals surface area (Å²) in [7, 11) is 0. The van der Waals surface area contributed by atoms with E-state index in [1.165, 1.54) is 19.1 Å². The fraction of sp³-hybridized carbons (Fsp3) is 0.273. The second-order valence-corrected chi connectivity index (χ2v) is 3.82. The normalized spacial score (nSPS) is 24.1. The van der Waals surface area contributed by atoms with Crippen molar-refractivity contribution >= 4 is 5.57 Å². The molecule has 4 nitrogen and oxygen atoms in total. The molecular weight excluding hydrogens is 196 g/mol. The first-order valence-electron chi connectivity index (χ1n) is 4.56. The third-order valence-corrected chi connectivity index (χ3v) is 2.30. The maximum absolute atomic E-state index is 9.71. The highest BCUT2D eigenvalue weighted by molar-refractivity contribution is 5.74. The highest BCUT2D eigenvalue weighted by atomic mass is 16.6. The van der Waals surface area contributed by atoms with Crippen LogP contribution in [0.4, 0.5) is 0 Å². The lowest BCUT2D eigenvalue weighted by atomic mass is 10.00. The van der Waals surface area contributed by atoms with Gasteiger partial charge < -0.3 is 20.1 Å². The van der Waals surface area contributed by atoms with Crippen molar-refractivity contribution in [3.8, 4) is 17.2 Å². The van der Waals surface area contributed by atoms with Crippen LogP contribution in [-0.2, 0) is 0 Å². The van der Waals surface area contributed by atoms with Crippen LogP contribution < -0.4 is 4.74 Å². The van der Waals surface area contributed by atoms with Gasteiger partial charge in [0.05, 0.1) is 0 Å². The van der Waals surface area contributed by atoms with Gasteiger partial charge in [0, 0.05) is 18.6 Å². The summed E-state index contributed by atoms with van der Waals surface area (Å²) >= 11 is 0. The van der Waals surface area contributed by atoms with Crippen LogP contribution in [0.3, 0.4) is 0 Å². The van der Waals surface area contributed by atoms with Crippen molar-refractivity contribution in [2.45, 2.75) is 19.6 Å². The Morgan fingerprint density at radius 3 is 2.47 bits per heavy atom. The molecule has 1 atom stereocenters. The van der Waals surface area contributed by atoms with Crippen LogP contribution >= 0.6 is 0 Å². The van der Waals surface area contributed by atoms with Gasteiger partial charge in [0.2, 0.25) is 5.79 Å². The highest BCUT2D eigenvalue weighted by Gasteiger charge is 2.27. The van der Waals surface area contributed by atoms with E-state index in [1.54, 1.807) is 13.0 Å². The molecule has 0 saturated heterocycles. The molecule has 0 saturated carbocycles. The molecule has 0 fully saturated rings. The second-order valence-electron chi connectivity index (χ2n) is 3.82. The van der Waals surface area contributed by atoms with Crippen molar-refractivity contribution in [2.24, 2.45) is 0 Å². The summed E-state index contributed by atoms with van der Waals surface area (Å²) in [6.45, 7) is 3.30. The number of ether oxygens (including phenoxy) is 1. The number of hydrogen-bond donors (Lipinski definition) is 3. The van der Waals surface area contributed by atoms with Gasteiger partial charge in [-0.3, -0.25) is 0 Å². The van der Waals surface area contributed by atoms with Gasteiger partial charge in [-0.25, -0.2) is 0 Å². The minimum Gasteiger partial charge on any atom is -0.504 e. The Labute approximate surface area is 87.1 Å². The first-order chi connectivity index (χ1) is 6.89. The van der Waals surface area contributed by atoms with Crippen molar-refractivity contribution in [3.63, 3.8) is 0 Å². The number of rotatable bonds is 0. The average molecular weight is 208 g/mol. The van der Waals surface area contributed by atoms with Gasteiger partial charge in [0.25, 0.3) is 0 Å². The Balaban J connectivity index is 2.61. The fourth-order valence-corrected chi connectivity index (χ4v) is 1.68. The van der Waals surface area contributed by atoms with Crippen molar-refractivity contribution in [3.05, 3.63) is 23.8 Å². The van der Waals surface area contributed by atoms with Gasteiger partial charge in [-0.2, -0.15) is 0 Å². The van der Waals surface area contributed by atoms with Gasteiger partial charge in [-0.05, 0) is 24.6 Å². The Bertz CT molecular complexity index is 446. The first-order valence-corrected chi connectivity index (χ1v) is 4.56. The quantitative estimate of drug-likeness (QED) is 0.566. The van der Waals surface area contributed by atoms with Gasteiger partial charge in [-0.15, -0.1) is 0 Å². The highest BCUT2D eigenvalue weighted by Crippen LogP contribution is 2.41. The second kappa shape index (κ2) is 2.90. The molecule has 1 aliphatic heterocycles. The van der Waals surface area contributed by atoms with E-state index in [9.17, 15) is 15.3 Å². The Hall–Kier alpha value is -1.68.